The molecule has 0 aliphatic rings. The number of hydrogen-bond acceptors (Lipinski definition) is 7. The third-order valence-corrected chi connectivity index (χ3v) is 8.03. The second-order valence-electron chi connectivity index (χ2n) is 11.8. The molecule has 0 saturated carbocycles. The number of anilines is 1. The van der Waals surface area contributed by atoms with Crippen LogP contribution in [-0.2, 0) is 17.6 Å². The summed E-state index contributed by atoms with van der Waals surface area (Å²) >= 11 is 0. The fraction of sp³-hybridized carbons (Fsp3) is 0.325. The van der Waals surface area contributed by atoms with E-state index in [4.69, 9.17) is 14.2 Å². The van der Waals surface area contributed by atoms with Crippen molar-refractivity contribution in [2.24, 2.45) is 0 Å². The van der Waals surface area contributed by atoms with E-state index in [9.17, 15) is 14.4 Å². The number of amides is 1. The molecular formula is C40H46N2O6. The SMILES string of the molecule is CCCCCCCOc1ccc(C(=O)Oc2ccc(C[C@H](NC(=O)c3ccc(NCCc4ccc(OC)cc4)cc3)C(C)=O)cc2)cc1. The summed E-state index contributed by atoms with van der Waals surface area (Å²) < 4.78 is 16.5. The molecule has 0 fully saturated rings. The Morgan fingerprint density at radius 3 is 1.94 bits per heavy atom. The normalized spacial score (nSPS) is 11.3. The summed E-state index contributed by atoms with van der Waals surface area (Å²) in [7, 11) is 1.65. The van der Waals surface area contributed by atoms with E-state index in [-0.39, 0.29) is 11.7 Å². The Morgan fingerprint density at radius 1 is 0.688 bits per heavy atom. The molecule has 4 aromatic rings. The van der Waals surface area contributed by atoms with E-state index in [1.54, 1.807) is 67.8 Å². The number of esters is 1. The molecule has 0 radical (unpaired) electrons. The highest BCUT2D eigenvalue weighted by Gasteiger charge is 2.19. The van der Waals surface area contributed by atoms with Crippen molar-refractivity contribution in [3.63, 3.8) is 0 Å². The zero-order chi connectivity index (χ0) is 34.1. The van der Waals surface area contributed by atoms with Gasteiger partial charge in [0.25, 0.3) is 5.91 Å². The zero-order valence-electron chi connectivity index (χ0n) is 28.1. The van der Waals surface area contributed by atoms with Gasteiger partial charge in [-0.05, 0) is 110 Å². The molecule has 0 unspecified atom stereocenters. The molecule has 4 aromatic carbocycles. The highest BCUT2D eigenvalue weighted by Crippen LogP contribution is 2.19. The molecule has 8 nitrogen and oxygen atoms in total. The highest BCUT2D eigenvalue weighted by atomic mass is 16.5. The van der Waals surface area contributed by atoms with E-state index in [0.717, 1.165) is 48.6 Å². The first-order valence-corrected chi connectivity index (χ1v) is 16.7. The van der Waals surface area contributed by atoms with Crippen molar-refractivity contribution < 1.29 is 28.6 Å². The van der Waals surface area contributed by atoms with Crippen molar-refractivity contribution in [3.8, 4) is 17.2 Å². The molecule has 0 spiro atoms. The molecule has 0 aliphatic carbocycles. The predicted molar refractivity (Wildman–Crippen MR) is 189 cm³/mol. The molecule has 0 aliphatic heterocycles. The maximum atomic E-state index is 13.0. The Labute approximate surface area is 283 Å². The largest absolute Gasteiger partial charge is 0.497 e. The highest BCUT2D eigenvalue weighted by molar-refractivity contribution is 5.98. The Hall–Kier alpha value is -5.11. The topological polar surface area (TPSA) is 103 Å². The molecule has 0 bridgehead atoms. The molecule has 0 saturated heterocycles. The molecular weight excluding hydrogens is 604 g/mol. The van der Waals surface area contributed by atoms with Gasteiger partial charge in [0.2, 0.25) is 0 Å². The van der Waals surface area contributed by atoms with Crippen molar-refractivity contribution in [1.82, 2.24) is 5.32 Å². The summed E-state index contributed by atoms with van der Waals surface area (Å²) in [5.74, 6) is 0.993. The van der Waals surface area contributed by atoms with Crippen LogP contribution in [0.15, 0.2) is 97.1 Å². The number of ether oxygens (including phenoxy) is 3. The maximum absolute atomic E-state index is 13.0. The first-order valence-electron chi connectivity index (χ1n) is 16.7. The van der Waals surface area contributed by atoms with Crippen molar-refractivity contribution in [1.29, 1.82) is 0 Å². The van der Waals surface area contributed by atoms with E-state index in [1.807, 2.05) is 36.4 Å². The molecule has 48 heavy (non-hydrogen) atoms. The summed E-state index contributed by atoms with van der Waals surface area (Å²) in [6.45, 7) is 5.05. The number of hydrogen-bond donors (Lipinski definition) is 2. The average molecular weight is 651 g/mol. The van der Waals surface area contributed by atoms with Crippen LogP contribution in [0.4, 0.5) is 5.69 Å². The third-order valence-electron chi connectivity index (χ3n) is 8.03. The fourth-order valence-corrected chi connectivity index (χ4v) is 5.10. The van der Waals surface area contributed by atoms with Crippen LogP contribution < -0.4 is 24.8 Å². The Bertz CT molecular complexity index is 1580. The lowest BCUT2D eigenvalue weighted by Crippen LogP contribution is -2.41. The molecule has 0 heterocycles. The van der Waals surface area contributed by atoms with E-state index in [2.05, 4.69) is 17.6 Å². The number of ketones is 1. The van der Waals surface area contributed by atoms with Gasteiger partial charge in [0.1, 0.15) is 17.2 Å². The molecule has 0 aromatic heterocycles. The lowest BCUT2D eigenvalue weighted by Gasteiger charge is -2.17. The van der Waals surface area contributed by atoms with Crippen LogP contribution in [0.5, 0.6) is 17.2 Å². The van der Waals surface area contributed by atoms with Gasteiger partial charge in [0, 0.05) is 17.8 Å². The van der Waals surface area contributed by atoms with Gasteiger partial charge in [-0.1, -0.05) is 56.9 Å². The van der Waals surface area contributed by atoms with Crippen molar-refractivity contribution in [3.05, 3.63) is 119 Å². The van der Waals surface area contributed by atoms with Gasteiger partial charge in [-0.3, -0.25) is 9.59 Å². The number of rotatable bonds is 19. The van der Waals surface area contributed by atoms with Crippen LogP contribution in [0.3, 0.4) is 0 Å². The first kappa shape index (κ1) is 35.7. The minimum Gasteiger partial charge on any atom is -0.497 e. The van der Waals surface area contributed by atoms with Gasteiger partial charge in [-0.2, -0.15) is 0 Å². The van der Waals surface area contributed by atoms with Crippen LogP contribution in [-0.4, -0.2) is 44.0 Å². The number of unbranched alkanes of at least 4 members (excludes halogenated alkanes) is 4. The summed E-state index contributed by atoms with van der Waals surface area (Å²) in [4.78, 5) is 38.1. The second-order valence-corrected chi connectivity index (χ2v) is 11.8. The van der Waals surface area contributed by atoms with Gasteiger partial charge < -0.3 is 24.8 Å². The number of benzene rings is 4. The maximum Gasteiger partial charge on any atom is 0.343 e. The molecule has 1 atom stereocenters. The standard InChI is InChI=1S/C40H46N2O6/c1-4-5-6-7-8-27-47-36-23-15-33(16-24-36)40(45)48-37-21-11-31(12-22-37)28-38(29(2)43)42-39(44)32-13-17-34(18-14-32)41-26-25-30-9-19-35(46-3)20-10-30/h9-24,38,41H,4-8,25-28H2,1-3H3,(H,42,44)/t38-/m0/s1. The van der Waals surface area contributed by atoms with Crippen LogP contribution in [0.1, 0.15) is 77.8 Å². The van der Waals surface area contributed by atoms with Crippen molar-refractivity contribution in [2.75, 3.05) is 25.6 Å². The predicted octanol–water partition coefficient (Wildman–Crippen LogP) is 7.85. The monoisotopic (exact) mass is 650 g/mol. The Morgan fingerprint density at radius 2 is 1.29 bits per heavy atom. The molecule has 252 valence electrons. The second kappa shape index (κ2) is 18.9. The van der Waals surface area contributed by atoms with E-state index in [0.29, 0.717) is 29.9 Å². The summed E-state index contributed by atoms with van der Waals surface area (Å²) in [6, 6.07) is 28.3. The Balaban J connectivity index is 1.22. The van der Waals surface area contributed by atoms with Crippen LogP contribution in [0.25, 0.3) is 0 Å². The van der Waals surface area contributed by atoms with Gasteiger partial charge in [0.05, 0.1) is 25.3 Å². The lowest BCUT2D eigenvalue weighted by atomic mass is 10.0. The third kappa shape index (κ3) is 11.6. The van der Waals surface area contributed by atoms with Crippen molar-refractivity contribution in [2.45, 2.75) is 64.8 Å². The summed E-state index contributed by atoms with van der Waals surface area (Å²) in [6.07, 6.45) is 7.01. The Kier molecular flexibility index (Phi) is 14.1. The number of methoxy groups -OCH3 is 1. The molecule has 4 rings (SSSR count). The van der Waals surface area contributed by atoms with Crippen LogP contribution in [0, 0.1) is 0 Å². The van der Waals surface area contributed by atoms with Gasteiger partial charge in [-0.15, -0.1) is 0 Å². The average Bonchev–Trinajstić information content (AvgIpc) is 3.11. The minimum absolute atomic E-state index is 0.153. The smallest absolute Gasteiger partial charge is 0.343 e. The number of carbonyl (C=O) groups excluding carboxylic acids is 3. The minimum atomic E-state index is -0.703. The summed E-state index contributed by atoms with van der Waals surface area (Å²) in [5, 5.41) is 6.22. The number of carbonyl (C=O) groups is 3. The van der Waals surface area contributed by atoms with Gasteiger partial charge in [0.15, 0.2) is 5.78 Å². The quantitative estimate of drug-likeness (QED) is 0.0605. The molecule has 2 N–H and O–H groups in total. The number of nitrogens with one attached hydrogen (secondary N) is 2. The first-order chi connectivity index (χ1) is 23.3. The molecule has 8 heteroatoms. The van der Waals surface area contributed by atoms with Crippen molar-refractivity contribution >= 4 is 23.3 Å². The van der Waals surface area contributed by atoms with Crippen LogP contribution >= 0.6 is 0 Å². The number of Topliss-reactive ketones (excluding diaryl/α,β-unsaturated/α-hetero) is 1. The molecule has 1 amide bonds. The lowest BCUT2D eigenvalue weighted by molar-refractivity contribution is -0.118. The van der Waals surface area contributed by atoms with Gasteiger partial charge >= 0.3 is 5.97 Å². The van der Waals surface area contributed by atoms with Crippen LogP contribution in [0.2, 0.25) is 0 Å². The van der Waals surface area contributed by atoms with Gasteiger partial charge in [-0.25, -0.2) is 4.79 Å². The zero-order valence-corrected chi connectivity index (χ0v) is 28.1. The van der Waals surface area contributed by atoms with E-state index < -0.39 is 12.0 Å². The van der Waals surface area contributed by atoms with E-state index in [1.165, 1.54) is 31.7 Å². The summed E-state index contributed by atoms with van der Waals surface area (Å²) in [5.41, 5.74) is 3.80. The fourth-order valence-electron chi connectivity index (χ4n) is 5.10. The van der Waals surface area contributed by atoms with E-state index >= 15 is 0 Å².